The molecular weight excluding hydrogens is 242 g/mol. The van der Waals surface area contributed by atoms with E-state index in [0.717, 1.165) is 18.4 Å². The number of aliphatic carboxylic acids is 1. The number of benzene rings is 1. The molecular formula is C15H15NO3. The smallest absolute Gasteiger partial charge is 0.329 e. The van der Waals surface area contributed by atoms with E-state index in [1.165, 1.54) is 0 Å². The summed E-state index contributed by atoms with van der Waals surface area (Å²) in [6.07, 6.45) is 2.58. The lowest BCUT2D eigenvalue weighted by atomic mass is 9.98. The number of carboxylic acids is 1. The zero-order valence-electron chi connectivity index (χ0n) is 10.5. The molecule has 0 unspecified atom stereocenters. The Bertz CT molecular complexity index is 534. The molecule has 4 heteroatoms. The Balaban J connectivity index is 2.05. The molecule has 1 aliphatic carbocycles. The first-order valence-corrected chi connectivity index (χ1v) is 6.25. The molecule has 0 radical (unpaired) electrons. The van der Waals surface area contributed by atoms with Crippen LogP contribution in [0.5, 0.6) is 0 Å². The topological polar surface area (TPSA) is 66.4 Å². The Hall–Kier alpha value is -2.28. The first-order chi connectivity index (χ1) is 9.12. The lowest BCUT2D eigenvalue weighted by molar-refractivity contribution is -0.146. The molecule has 0 saturated heterocycles. The molecule has 0 heterocycles. The summed E-state index contributed by atoms with van der Waals surface area (Å²) in [7, 11) is 0. The number of rotatable bonds is 2. The van der Waals surface area contributed by atoms with E-state index >= 15 is 0 Å². The lowest BCUT2D eigenvalue weighted by Crippen LogP contribution is -2.52. The number of carbonyl (C=O) groups is 2. The molecule has 98 valence electrons. The van der Waals surface area contributed by atoms with E-state index in [1.54, 1.807) is 12.1 Å². The van der Waals surface area contributed by atoms with Gasteiger partial charge in [-0.15, -0.1) is 0 Å². The SMILES string of the molecule is O=C(C#Cc1ccccc1)NC1(C(=O)O)CCCC1. The van der Waals surface area contributed by atoms with Crippen molar-refractivity contribution < 1.29 is 14.7 Å². The predicted molar refractivity (Wildman–Crippen MR) is 70.3 cm³/mol. The molecule has 4 nitrogen and oxygen atoms in total. The molecule has 1 saturated carbocycles. The molecule has 1 aromatic rings. The fourth-order valence-corrected chi connectivity index (χ4v) is 2.27. The number of amides is 1. The van der Waals surface area contributed by atoms with Gasteiger partial charge in [-0.3, -0.25) is 4.79 Å². The third kappa shape index (κ3) is 3.14. The lowest BCUT2D eigenvalue weighted by Gasteiger charge is -2.23. The first kappa shape index (κ1) is 13.2. The number of carbonyl (C=O) groups excluding carboxylic acids is 1. The summed E-state index contributed by atoms with van der Waals surface area (Å²) in [6.45, 7) is 0. The Labute approximate surface area is 111 Å². The van der Waals surface area contributed by atoms with Crippen molar-refractivity contribution in [1.82, 2.24) is 5.32 Å². The van der Waals surface area contributed by atoms with Gasteiger partial charge in [-0.25, -0.2) is 4.79 Å². The van der Waals surface area contributed by atoms with Gasteiger partial charge >= 0.3 is 5.97 Å². The molecule has 0 aromatic heterocycles. The van der Waals surface area contributed by atoms with E-state index < -0.39 is 17.4 Å². The summed E-state index contributed by atoms with van der Waals surface area (Å²) in [4.78, 5) is 23.0. The van der Waals surface area contributed by atoms with Crippen molar-refractivity contribution in [2.24, 2.45) is 0 Å². The number of hydrogen-bond acceptors (Lipinski definition) is 2. The molecule has 2 N–H and O–H groups in total. The predicted octanol–water partition coefficient (Wildman–Crippen LogP) is 1.55. The maximum Gasteiger partial charge on any atom is 0.329 e. The second-order valence-corrected chi connectivity index (χ2v) is 4.66. The van der Waals surface area contributed by atoms with Crippen LogP contribution >= 0.6 is 0 Å². The third-order valence-electron chi connectivity index (χ3n) is 3.31. The molecule has 1 aromatic carbocycles. The molecule has 0 bridgehead atoms. The average Bonchev–Trinajstić information content (AvgIpc) is 2.87. The van der Waals surface area contributed by atoms with E-state index in [0.29, 0.717) is 12.8 Å². The van der Waals surface area contributed by atoms with Crippen molar-refractivity contribution in [2.45, 2.75) is 31.2 Å². The highest BCUT2D eigenvalue weighted by Gasteiger charge is 2.42. The maximum atomic E-state index is 11.7. The van der Waals surface area contributed by atoms with Gasteiger partial charge < -0.3 is 10.4 Å². The van der Waals surface area contributed by atoms with E-state index in [-0.39, 0.29) is 0 Å². The minimum absolute atomic E-state index is 0.473. The Morgan fingerprint density at radius 3 is 2.37 bits per heavy atom. The zero-order chi connectivity index (χ0) is 13.7. The fraction of sp³-hybridized carbons (Fsp3) is 0.333. The Kier molecular flexibility index (Phi) is 3.86. The van der Waals surface area contributed by atoms with Gasteiger partial charge in [0.15, 0.2) is 0 Å². The molecule has 0 atom stereocenters. The summed E-state index contributed by atoms with van der Waals surface area (Å²) in [5.74, 6) is 3.66. The van der Waals surface area contributed by atoms with Crippen LogP contribution in [0.1, 0.15) is 31.2 Å². The summed E-state index contributed by atoms with van der Waals surface area (Å²) in [6, 6.07) is 9.12. The van der Waals surface area contributed by atoms with Crippen LogP contribution in [-0.4, -0.2) is 22.5 Å². The minimum Gasteiger partial charge on any atom is -0.480 e. The van der Waals surface area contributed by atoms with E-state index in [2.05, 4.69) is 17.2 Å². The molecule has 1 amide bonds. The highest BCUT2D eigenvalue weighted by atomic mass is 16.4. The summed E-state index contributed by atoms with van der Waals surface area (Å²) in [5.41, 5.74) is -0.393. The molecule has 1 fully saturated rings. The zero-order valence-corrected chi connectivity index (χ0v) is 10.5. The number of carboxylic acid groups (broad SMARTS) is 1. The summed E-state index contributed by atoms with van der Waals surface area (Å²) in [5, 5.41) is 11.8. The highest BCUT2D eigenvalue weighted by Crippen LogP contribution is 2.29. The monoisotopic (exact) mass is 257 g/mol. The molecule has 19 heavy (non-hydrogen) atoms. The van der Waals surface area contributed by atoms with Crippen molar-refractivity contribution in [3.05, 3.63) is 35.9 Å². The van der Waals surface area contributed by atoms with Gasteiger partial charge in [0.1, 0.15) is 5.54 Å². The van der Waals surface area contributed by atoms with Crippen LogP contribution in [0.2, 0.25) is 0 Å². The van der Waals surface area contributed by atoms with Crippen molar-refractivity contribution in [2.75, 3.05) is 0 Å². The third-order valence-corrected chi connectivity index (χ3v) is 3.31. The average molecular weight is 257 g/mol. The maximum absolute atomic E-state index is 11.7. The Morgan fingerprint density at radius 2 is 1.79 bits per heavy atom. The van der Waals surface area contributed by atoms with Crippen molar-refractivity contribution in [1.29, 1.82) is 0 Å². The first-order valence-electron chi connectivity index (χ1n) is 6.25. The van der Waals surface area contributed by atoms with Gasteiger partial charge in [0.2, 0.25) is 0 Å². The van der Waals surface area contributed by atoms with Gasteiger partial charge in [0.25, 0.3) is 5.91 Å². The second kappa shape index (κ2) is 5.57. The molecule has 1 aliphatic rings. The largest absolute Gasteiger partial charge is 0.480 e. The molecule has 2 rings (SSSR count). The van der Waals surface area contributed by atoms with E-state index in [1.807, 2.05) is 18.2 Å². The van der Waals surface area contributed by atoms with E-state index in [9.17, 15) is 14.7 Å². The van der Waals surface area contributed by atoms with Gasteiger partial charge in [0, 0.05) is 11.5 Å². The Morgan fingerprint density at radius 1 is 1.16 bits per heavy atom. The van der Waals surface area contributed by atoms with Crippen LogP contribution in [0.4, 0.5) is 0 Å². The van der Waals surface area contributed by atoms with Gasteiger partial charge in [-0.05, 0) is 25.0 Å². The molecule has 0 spiro atoms. The van der Waals surface area contributed by atoms with Gasteiger partial charge in [0.05, 0.1) is 0 Å². The molecule has 0 aliphatic heterocycles. The second-order valence-electron chi connectivity index (χ2n) is 4.66. The number of nitrogens with one attached hydrogen (secondary N) is 1. The van der Waals surface area contributed by atoms with Crippen molar-refractivity contribution in [3.63, 3.8) is 0 Å². The van der Waals surface area contributed by atoms with Crippen LogP contribution in [-0.2, 0) is 9.59 Å². The van der Waals surface area contributed by atoms with E-state index in [4.69, 9.17) is 0 Å². The normalized spacial score (nSPS) is 16.2. The van der Waals surface area contributed by atoms with Gasteiger partial charge in [-0.1, -0.05) is 37.0 Å². The highest BCUT2D eigenvalue weighted by molar-refractivity contribution is 5.97. The quantitative estimate of drug-likeness (QED) is 0.790. The fourth-order valence-electron chi connectivity index (χ4n) is 2.27. The van der Waals surface area contributed by atoms with Crippen LogP contribution in [0, 0.1) is 11.8 Å². The summed E-state index contributed by atoms with van der Waals surface area (Å²) >= 11 is 0. The van der Waals surface area contributed by atoms with Crippen LogP contribution in [0.15, 0.2) is 30.3 Å². The minimum atomic E-state index is -1.12. The van der Waals surface area contributed by atoms with Crippen LogP contribution < -0.4 is 5.32 Å². The standard InChI is InChI=1S/C15H15NO3/c17-13(9-8-12-6-2-1-3-7-12)16-15(14(18)19)10-4-5-11-15/h1-3,6-7H,4-5,10-11H2,(H,16,17)(H,18,19). The van der Waals surface area contributed by atoms with Crippen molar-refractivity contribution >= 4 is 11.9 Å². The van der Waals surface area contributed by atoms with Crippen LogP contribution in [0.25, 0.3) is 0 Å². The van der Waals surface area contributed by atoms with Crippen molar-refractivity contribution in [3.8, 4) is 11.8 Å². The van der Waals surface area contributed by atoms with Crippen LogP contribution in [0.3, 0.4) is 0 Å². The summed E-state index contributed by atoms with van der Waals surface area (Å²) < 4.78 is 0. The number of hydrogen-bond donors (Lipinski definition) is 2. The van der Waals surface area contributed by atoms with Gasteiger partial charge in [-0.2, -0.15) is 0 Å².